The molecule has 0 radical (unpaired) electrons. The number of halogens is 1. The van der Waals surface area contributed by atoms with Crippen molar-refractivity contribution in [3.05, 3.63) is 67.4 Å². The van der Waals surface area contributed by atoms with E-state index in [1.54, 1.807) is 0 Å². The SMILES string of the molecule is CC(=O)OCn1cc(Br)c(=O)n(CCOCc2ccccc2)c1=O. The molecule has 0 N–H and O–H groups in total. The van der Waals surface area contributed by atoms with Crippen LogP contribution in [0.2, 0.25) is 0 Å². The summed E-state index contributed by atoms with van der Waals surface area (Å²) >= 11 is 3.11. The summed E-state index contributed by atoms with van der Waals surface area (Å²) in [7, 11) is 0. The van der Waals surface area contributed by atoms with Gasteiger partial charge in [-0.1, -0.05) is 30.3 Å². The summed E-state index contributed by atoms with van der Waals surface area (Å²) in [5, 5.41) is 0. The van der Waals surface area contributed by atoms with Crippen molar-refractivity contribution in [3.8, 4) is 0 Å². The molecule has 0 saturated carbocycles. The van der Waals surface area contributed by atoms with Gasteiger partial charge in [-0.05, 0) is 21.5 Å². The Morgan fingerprint density at radius 1 is 1.21 bits per heavy atom. The molecule has 128 valence electrons. The van der Waals surface area contributed by atoms with Crippen LogP contribution in [0.25, 0.3) is 0 Å². The Kier molecular flexibility index (Phi) is 6.51. The summed E-state index contributed by atoms with van der Waals surface area (Å²) in [4.78, 5) is 35.2. The monoisotopic (exact) mass is 396 g/mol. The number of hydrogen-bond acceptors (Lipinski definition) is 5. The molecule has 1 aromatic carbocycles. The van der Waals surface area contributed by atoms with E-state index in [1.165, 1.54) is 13.1 Å². The molecule has 2 rings (SSSR count). The number of esters is 1. The first kappa shape index (κ1) is 18.2. The molecule has 0 spiro atoms. The maximum Gasteiger partial charge on any atom is 0.333 e. The topological polar surface area (TPSA) is 79.5 Å². The molecule has 1 aromatic heterocycles. The quantitative estimate of drug-likeness (QED) is 0.523. The van der Waals surface area contributed by atoms with Crippen LogP contribution < -0.4 is 11.2 Å². The van der Waals surface area contributed by atoms with Crippen LogP contribution in [-0.4, -0.2) is 21.7 Å². The molecule has 0 bridgehead atoms. The summed E-state index contributed by atoms with van der Waals surface area (Å²) in [5.74, 6) is -0.512. The van der Waals surface area contributed by atoms with Gasteiger partial charge in [0, 0.05) is 13.1 Å². The standard InChI is InChI=1S/C16H17BrN2O5/c1-12(20)24-11-18-9-14(17)15(21)19(16(18)22)7-8-23-10-13-5-3-2-4-6-13/h2-6,9H,7-8,10-11H2,1H3. The van der Waals surface area contributed by atoms with Gasteiger partial charge in [-0.2, -0.15) is 0 Å². The van der Waals surface area contributed by atoms with E-state index in [4.69, 9.17) is 9.47 Å². The molecule has 0 unspecified atom stereocenters. The first-order valence-corrected chi connectivity index (χ1v) is 8.03. The van der Waals surface area contributed by atoms with Crippen molar-refractivity contribution < 1.29 is 14.3 Å². The summed E-state index contributed by atoms with van der Waals surface area (Å²) in [5.41, 5.74) is -0.0125. The lowest BCUT2D eigenvalue weighted by Gasteiger charge is -2.11. The summed E-state index contributed by atoms with van der Waals surface area (Å²) in [6.07, 6.45) is 1.30. The van der Waals surface area contributed by atoms with Crippen molar-refractivity contribution in [1.29, 1.82) is 0 Å². The second-order valence-electron chi connectivity index (χ2n) is 4.99. The average Bonchev–Trinajstić information content (AvgIpc) is 2.57. The van der Waals surface area contributed by atoms with Crippen molar-refractivity contribution in [2.24, 2.45) is 0 Å². The lowest BCUT2D eigenvalue weighted by atomic mass is 10.2. The molecule has 2 aromatic rings. The van der Waals surface area contributed by atoms with Gasteiger partial charge >= 0.3 is 11.7 Å². The van der Waals surface area contributed by atoms with Crippen molar-refractivity contribution in [1.82, 2.24) is 9.13 Å². The Balaban J connectivity index is 2.04. The average molecular weight is 397 g/mol. The van der Waals surface area contributed by atoms with Crippen LogP contribution in [-0.2, 0) is 34.2 Å². The van der Waals surface area contributed by atoms with Gasteiger partial charge in [0.15, 0.2) is 6.73 Å². The number of nitrogens with zero attached hydrogens (tertiary/aromatic N) is 2. The van der Waals surface area contributed by atoms with E-state index in [0.29, 0.717) is 6.61 Å². The molecule has 8 heteroatoms. The minimum absolute atomic E-state index is 0.101. The number of hydrogen-bond donors (Lipinski definition) is 0. The molecule has 0 amide bonds. The Bertz CT molecular complexity index is 813. The van der Waals surface area contributed by atoms with Gasteiger partial charge < -0.3 is 9.47 Å². The third-order valence-corrected chi connectivity index (χ3v) is 3.72. The fourth-order valence-electron chi connectivity index (χ4n) is 1.99. The van der Waals surface area contributed by atoms with Crippen LogP contribution in [0.3, 0.4) is 0 Å². The van der Waals surface area contributed by atoms with Gasteiger partial charge in [0.2, 0.25) is 0 Å². The second-order valence-corrected chi connectivity index (χ2v) is 5.84. The van der Waals surface area contributed by atoms with Gasteiger partial charge in [-0.3, -0.25) is 18.7 Å². The molecule has 1 heterocycles. The zero-order valence-corrected chi connectivity index (χ0v) is 14.7. The van der Waals surface area contributed by atoms with Gasteiger partial charge in [0.05, 0.1) is 24.2 Å². The number of carbonyl (C=O) groups is 1. The van der Waals surface area contributed by atoms with Crippen LogP contribution in [0, 0.1) is 0 Å². The highest BCUT2D eigenvalue weighted by Gasteiger charge is 2.10. The fraction of sp³-hybridized carbons (Fsp3) is 0.312. The van der Waals surface area contributed by atoms with Crippen LogP contribution in [0.15, 0.2) is 50.6 Å². The number of aromatic nitrogens is 2. The number of rotatable bonds is 7. The van der Waals surface area contributed by atoms with Crippen LogP contribution in [0.1, 0.15) is 12.5 Å². The van der Waals surface area contributed by atoms with E-state index in [9.17, 15) is 14.4 Å². The molecule has 0 aliphatic rings. The lowest BCUT2D eigenvalue weighted by molar-refractivity contribution is -0.144. The van der Waals surface area contributed by atoms with Gasteiger partial charge in [-0.25, -0.2) is 4.79 Å². The van der Waals surface area contributed by atoms with E-state index in [-0.39, 0.29) is 24.4 Å². The normalized spacial score (nSPS) is 10.6. The van der Waals surface area contributed by atoms with E-state index in [1.807, 2.05) is 30.3 Å². The molecule has 24 heavy (non-hydrogen) atoms. The predicted octanol–water partition coefficient (Wildman–Crippen LogP) is 1.51. The minimum atomic E-state index is -0.562. The second kappa shape index (κ2) is 8.60. The molecule has 7 nitrogen and oxygen atoms in total. The van der Waals surface area contributed by atoms with Crippen molar-refractivity contribution in [2.75, 3.05) is 6.61 Å². The highest BCUT2D eigenvalue weighted by atomic mass is 79.9. The van der Waals surface area contributed by atoms with Crippen LogP contribution >= 0.6 is 15.9 Å². The molecule has 0 aliphatic heterocycles. The Labute approximate surface area is 146 Å². The first-order chi connectivity index (χ1) is 11.5. The number of ether oxygens (including phenoxy) is 2. The third-order valence-electron chi connectivity index (χ3n) is 3.17. The van der Waals surface area contributed by atoms with E-state index in [0.717, 1.165) is 14.7 Å². The highest BCUT2D eigenvalue weighted by molar-refractivity contribution is 9.10. The number of carbonyl (C=O) groups excluding carboxylic acids is 1. The van der Waals surface area contributed by atoms with Gasteiger partial charge in [-0.15, -0.1) is 0 Å². The molecule has 0 fully saturated rings. The Morgan fingerprint density at radius 3 is 2.58 bits per heavy atom. The van der Waals surface area contributed by atoms with Gasteiger partial charge in [0.1, 0.15) is 0 Å². The Morgan fingerprint density at radius 2 is 1.92 bits per heavy atom. The van der Waals surface area contributed by atoms with E-state index < -0.39 is 17.2 Å². The van der Waals surface area contributed by atoms with E-state index in [2.05, 4.69) is 15.9 Å². The predicted molar refractivity (Wildman–Crippen MR) is 90.5 cm³/mol. The molecular weight excluding hydrogens is 380 g/mol. The maximum absolute atomic E-state index is 12.3. The van der Waals surface area contributed by atoms with Crippen molar-refractivity contribution in [3.63, 3.8) is 0 Å². The number of benzene rings is 1. The van der Waals surface area contributed by atoms with Crippen molar-refractivity contribution >= 4 is 21.9 Å². The molecule has 0 atom stereocenters. The molecular formula is C16H17BrN2O5. The summed E-state index contributed by atoms with van der Waals surface area (Å²) in [6.45, 7) is 1.69. The zero-order chi connectivity index (χ0) is 17.5. The fourth-order valence-corrected chi connectivity index (χ4v) is 2.45. The summed E-state index contributed by atoms with van der Waals surface area (Å²) in [6, 6.07) is 9.58. The summed E-state index contributed by atoms with van der Waals surface area (Å²) < 4.78 is 12.7. The van der Waals surface area contributed by atoms with Gasteiger partial charge in [0.25, 0.3) is 5.56 Å². The van der Waals surface area contributed by atoms with E-state index >= 15 is 0 Å². The van der Waals surface area contributed by atoms with Crippen molar-refractivity contribution in [2.45, 2.75) is 26.8 Å². The van der Waals surface area contributed by atoms with Crippen LogP contribution in [0.5, 0.6) is 0 Å². The minimum Gasteiger partial charge on any atom is -0.444 e. The first-order valence-electron chi connectivity index (χ1n) is 7.24. The Hall–Kier alpha value is -2.19. The smallest absolute Gasteiger partial charge is 0.333 e. The largest absolute Gasteiger partial charge is 0.444 e. The molecule has 0 saturated heterocycles. The maximum atomic E-state index is 12.3. The third kappa shape index (κ3) is 4.90. The van der Waals surface area contributed by atoms with Crippen LogP contribution in [0.4, 0.5) is 0 Å². The highest BCUT2D eigenvalue weighted by Crippen LogP contribution is 2.02. The lowest BCUT2D eigenvalue weighted by Crippen LogP contribution is -2.41. The molecule has 0 aliphatic carbocycles. The zero-order valence-electron chi connectivity index (χ0n) is 13.1.